The summed E-state index contributed by atoms with van der Waals surface area (Å²) in [6.07, 6.45) is 4.40. The van der Waals surface area contributed by atoms with Crippen molar-refractivity contribution >= 4 is 11.8 Å². The standard InChI is InChI=1S/C17H26N4O3/c1-3-14-15-10-13(16(22)18-24)11-20(15)8-9-21(14)17(23)12-4-6-19(2)7-5-12/h10-12,14,24H,3-9H2,1-2H3,(H,18,22). The second-order valence-corrected chi connectivity index (χ2v) is 6.82. The minimum absolute atomic E-state index is 0.00820. The fraction of sp³-hybridized carbons (Fsp3) is 0.647. The molecule has 1 unspecified atom stereocenters. The van der Waals surface area contributed by atoms with E-state index in [-0.39, 0.29) is 17.9 Å². The maximum Gasteiger partial charge on any atom is 0.276 e. The van der Waals surface area contributed by atoms with Crippen molar-refractivity contribution in [3.05, 3.63) is 23.5 Å². The Bertz CT molecular complexity index is 619. The Morgan fingerprint density at radius 1 is 1.25 bits per heavy atom. The number of piperidine rings is 1. The number of aromatic nitrogens is 1. The van der Waals surface area contributed by atoms with Crippen molar-refractivity contribution in [1.82, 2.24) is 19.8 Å². The number of hydrogen-bond donors (Lipinski definition) is 2. The van der Waals surface area contributed by atoms with E-state index in [0.29, 0.717) is 18.7 Å². The molecule has 2 aliphatic heterocycles. The molecule has 2 amide bonds. The van der Waals surface area contributed by atoms with Crippen molar-refractivity contribution < 1.29 is 14.8 Å². The van der Waals surface area contributed by atoms with E-state index in [1.165, 1.54) is 0 Å². The van der Waals surface area contributed by atoms with Gasteiger partial charge in [-0.2, -0.15) is 0 Å². The van der Waals surface area contributed by atoms with E-state index < -0.39 is 5.91 Å². The lowest BCUT2D eigenvalue weighted by Gasteiger charge is -2.40. The molecule has 1 atom stereocenters. The first-order valence-electron chi connectivity index (χ1n) is 8.68. The van der Waals surface area contributed by atoms with E-state index in [1.807, 2.05) is 9.47 Å². The summed E-state index contributed by atoms with van der Waals surface area (Å²) in [5, 5.41) is 8.83. The summed E-state index contributed by atoms with van der Waals surface area (Å²) in [5.41, 5.74) is 3.08. The van der Waals surface area contributed by atoms with Gasteiger partial charge in [-0.1, -0.05) is 6.92 Å². The number of carbonyl (C=O) groups is 2. The Labute approximate surface area is 142 Å². The molecular formula is C17H26N4O3. The van der Waals surface area contributed by atoms with E-state index >= 15 is 0 Å². The van der Waals surface area contributed by atoms with Gasteiger partial charge in [0.15, 0.2) is 0 Å². The first-order valence-corrected chi connectivity index (χ1v) is 8.68. The van der Waals surface area contributed by atoms with Crippen LogP contribution in [0, 0.1) is 5.92 Å². The lowest BCUT2D eigenvalue weighted by molar-refractivity contribution is -0.140. The Balaban J connectivity index is 1.80. The van der Waals surface area contributed by atoms with Gasteiger partial charge in [0.05, 0.1) is 11.6 Å². The highest BCUT2D eigenvalue weighted by Crippen LogP contribution is 2.32. The van der Waals surface area contributed by atoms with E-state index in [9.17, 15) is 9.59 Å². The van der Waals surface area contributed by atoms with Gasteiger partial charge in [0.1, 0.15) is 0 Å². The number of nitrogens with one attached hydrogen (secondary N) is 1. The zero-order valence-corrected chi connectivity index (χ0v) is 14.4. The zero-order valence-electron chi connectivity index (χ0n) is 14.4. The molecule has 2 aliphatic rings. The third-order valence-electron chi connectivity index (χ3n) is 5.33. The number of hydrogen-bond acceptors (Lipinski definition) is 4. The van der Waals surface area contributed by atoms with E-state index in [0.717, 1.165) is 38.0 Å². The van der Waals surface area contributed by atoms with Crippen LogP contribution in [0.2, 0.25) is 0 Å². The number of rotatable bonds is 3. The minimum atomic E-state index is -0.514. The highest BCUT2D eigenvalue weighted by Gasteiger charge is 2.35. The molecule has 0 radical (unpaired) electrons. The quantitative estimate of drug-likeness (QED) is 0.644. The van der Waals surface area contributed by atoms with Crippen LogP contribution in [-0.4, -0.2) is 58.1 Å². The third kappa shape index (κ3) is 3.06. The average molecular weight is 334 g/mol. The topological polar surface area (TPSA) is 77.8 Å². The van der Waals surface area contributed by atoms with Gasteiger partial charge in [-0.25, -0.2) is 5.48 Å². The summed E-state index contributed by atoms with van der Waals surface area (Å²) in [4.78, 5) is 28.9. The first kappa shape index (κ1) is 17.0. The second kappa shape index (κ2) is 6.94. The molecule has 3 heterocycles. The number of nitrogens with zero attached hydrogens (tertiary/aromatic N) is 3. The van der Waals surface area contributed by atoms with Gasteiger partial charge < -0.3 is 14.4 Å². The minimum Gasteiger partial charge on any atom is -0.347 e. The highest BCUT2D eigenvalue weighted by molar-refractivity contribution is 5.93. The van der Waals surface area contributed by atoms with Crippen LogP contribution in [0.15, 0.2) is 12.3 Å². The molecule has 0 bridgehead atoms. The average Bonchev–Trinajstić information content (AvgIpc) is 3.04. The molecule has 1 saturated heterocycles. The Morgan fingerprint density at radius 3 is 2.58 bits per heavy atom. The Morgan fingerprint density at radius 2 is 1.96 bits per heavy atom. The highest BCUT2D eigenvalue weighted by atomic mass is 16.5. The van der Waals surface area contributed by atoms with Gasteiger partial charge in [0.2, 0.25) is 5.91 Å². The van der Waals surface area contributed by atoms with E-state index in [1.54, 1.807) is 17.7 Å². The lowest BCUT2D eigenvalue weighted by atomic mass is 9.93. The Kier molecular flexibility index (Phi) is 4.91. The van der Waals surface area contributed by atoms with Crippen molar-refractivity contribution in [3.63, 3.8) is 0 Å². The molecule has 1 aromatic heterocycles. The van der Waals surface area contributed by atoms with Gasteiger partial charge >= 0.3 is 0 Å². The smallest absolute Gasteiger partial charge is 0.276 e. The molecule has 24 heavy (non-hydrogen) atoms. The lowest BCUT2D eigenvalue weighted by Crippen LogP contribution is -2.46. The van der Waals surface area contributed by atoms with Crippen molar-refractivity contribution in [2.75, 3.05) is 26.7 Å². The Hall–Kier alpha value is -1.86. The SMILES string of the molecule is CCC1c2cc(C(=O)NO)cn2CCN1C(=O)C1CCN(C)CC1. The van der Waals surface area contributed by atoms with Gasteiger partial charge in [-0.15, -0.1) is 0 Å². The normalized spacial score (nSPS) is 22.3. The van der Waals surface area contributed by atoms with Crippen molar-refractivity contribution in [3.8, 4) is 0 Å². The third-order valence-corrected chi connectivity index (χ3v) is 5.33. The molecule has 1 aromatic rings. The van der Waals surface area contributed by atoms with Crippen LogP contribution < -0.4 is 5.48 Å². The molecule has 0 saturated carbocycles. The molecular weight excluding hydrogens is 308 g/mol. The van der Waals surface area contributed by atoms with Crippen LogP contribution in [-0.2, 0) is 11.3 Å². The van der Waals surface area contributed by atoms with Gasteiger partial charge in [-0.05, 0) is 45.5 Å². The van der Waals surface area contributed by atoms with Crippen LogP contribution in [0.25, 0.3) is 0 Å². The van der Waals surface area contributed by atoms with E-state index in [2.05, 4.69) is 18.9 Å². The molecule has 7 nitrogen and oxygen atoms in total. The van der Waals surface area contributed by atoms with Crippen LogP contribution in [0.1, 0.15) is 48.3 Å². The first-order chi connectivity index (χ1) is 11.5. The van der Waals surface area contributed by atoms with Gasteiger partial charge in [0.25, 0.3) is 5.91 Å². The summed E-state index contributed by atoms with van der Waals surface area (Å²) < 4.78 is 2.02. The monoisotopic (exact) mass is 334 g/mol. The van der Waals surface area contributed by atoms with Crippen LogP contribution in [0.4, 0.5) is 0 Å². The maximum absolute atomic E-state index is 13.0. The van der Waals surface area contributed by atoms with Crippen molar-refractivity contribution in [1.29, 1.82) is 0 Å². The second-order valence-electron chi connectivity index (χ2n) is 6.82. The van der Waals surface area contributed by atoms with Crippen molar-refractivity contribution in [2.45, 2.75) is 38.8 Å². The van der Waals surface area contributed by atoms with Crippen molar-refractivity contribution in [2.24, 2.45) is 5.92 Å². The molecule has 3 rings (SSSR count). The van der Waals surface area contributed by atoms with E-state index in [4.69, 9.17) is 5.21 Å². The molecule has 7 heteroatoms. The summed E-state index contributed by atoms with van der Waals surface area (Å²) >= 11 is 0. The summed E-state index contributed by atoms with van der Waals surface area (Å²) in [5.74, 6) is -0.160. The fourth-order valence-corrected chi connectivity index (χ4v) is 3.91. The molecule has 0 spiro atoms. The number of amides is 2. The number of likely N-dealkylation sites (tertiary alicyclic amines) is 1. The number of fused-ring (bicyclic) bond motifs is 1. The van der Waals surface area contributed by atoms with Crippen LogP contribution >= 0.6 is 0 Å². The molecule has 0 aliphatic carbocycles. The largest absolute Gasteiger partial charge is 0.347 e. The fourth-order valence-electron chi connectivity index (χ4n) is 3.91. The summed E-state index contributed by atoms with van der Waals surface area (Å²) in [6.45, 7) is 5.36. The molecule has 1 fully saturated rings. The summed E-state index contributed by atoms with van der Waals surface area (Å²) in [7, 11) is 2.09. The van der Waals surface area contributed by atoms with Gasteiger partial charge in [-0.3, -0.25) is 14.8 Å². The molecule has 0 aromatic carbocycles. The number of carbonyl (C=O) groups excluding carboxylic acids is 2. The predicted octanol–water partition coefficient (Wildman–Crippen LogP) is 1.24. The number of hydroxylamine groups is 1. The van der Waals surface area contributed by atoms with Gasteiger partial charge in [0, 0.05) is 30.9 Å². The summed E-state index contributed by atoms with van der Waals surface area (Å²) in [6, 6.07) is 1.78. The maximum atomic E-state index is 13.0. The predicted molar refractivity (Wildman–Crippen MR) is 88.7 cm³/mol. The van der Waals surface area contributed by atoms with Crippen LogP contribution in [0.3, 0.4) is 0 Å². The zero-order chi connectivity index (χ0) is 17.3. The van der Waals surface area contributed by atoms with Crippen LogP contribution in [0.5, 0.6) is 0 Å². The molecule has 2 N–H and O–H groups in total. The molecule has 132 valence electrons.